The molecule has 2 amide bonds. The fourth-order valence-electron chi connectivity index (χ4n) is 5.45. The zero-order valence-corrected chi connectivity index (χ0v) is 23.8. The van der Waals surface area contributed by atoms with Crippen molar-refractivity contribution in [2.75, 3.05) is 30.9 Å². The van der Waals surface area contributed by atoms with Crippen molar-refractivity contribution in [1.82, 2.24) is 19.2 Å². The topological polar surface area (TPSA) is 67.6 Å². The van der Waals surface area contributed by atoms with Gasteiger partial charge in [0.25, 0.3) is 0 Å². The van der Waals surface area contributed by atoms with Gasteiger partial charge in [-0.3, -0.25) is 0 Å². The number of amides is 2. The maximum absolute atomic E-state index is 14.2. The second-order valence-electron chi connectivity index (χ2n) is 10.3. The van der Waals surface area contributed by atoms with Gasteiger partial charge in [0.1, 0.15) is 11.6 Å². The third-order valence-electron chi connectivity index (χ3n) is 7.49. The number of fused-ring (bicyclic) bond motifs is 3. The van der Waals surface area contributed by atoms with E-state index in [1.807, 2.05) is 86.1 Å². The average Bonchev–Trinajstić information content (AvgIpc) is 3.55. The predicted molar refractivity (Wildman–Crippen MR) is 162 cm³/mol. The molecule has 3 heterocycles. The Kier molecular flexibility index (Phi) is 6.97. The van der Waals surface area contributed by atoms with Gasteiger partial charge in [0, 0.05) is 37.2 Å². The number of carbonyl (C=O) groups excluding carboxylic acids is 1. The SMILES string of the molecule is CCOc1ccc(NC(=O)N2Cc3c(C)nn(-c4ccccc4)c3-n3cccc3[C@@H]2c2ccc(N(C)C)cc2)cc1. The maximum atomic E-state index is 14.2. The molecule has 1 atom stereocenters. The minimum atomic E-state index is -0.333. The van der Waals surface area contributed by atoms with Crippen LogP contribution in [0.1, 0.15) is 35.5 Å². The van der Waals surface area contributed by atoms with Crippen LogP contribution in [0.4, 0.5) is 16.2 Å². The number of hydrogen-bond donors (Lipinski definition) is 1. The van der Waals surface area contributed by atoms with E-state index in [0.29, 0.717) is 18.8 Å². The number of carbonyl (C=O) groups is 1. The summed E-state index contributed by atoms with van der Waals surface area (Å²) < 4.78 is 9.74. The summed E-state index contributed by atoms with van der Waals surface area (Å²) in [5, 5.41) is 8.07. The number of aromatic nitrogens is 3. The number of aryl methyl sites for hydroxylation is 1. The van der Waals surface area contributed by atoms with Gasteiger partial charge >= 0.3 is 6.03 Å². The van der Waals surface area contributed by atoms with E-state index < -0.39 is 0 Å². The van der Waals surface area contributed by atoms with E-state index in [1.165, 1.54) is 0 Å². The molecule has 1 aliphatic heterocycles. The zero-order chi connectivity index (χ0) is 28.5. The van der Waals surface area contributed by atoms with Crippen LogP contribution < -0.4 is 15.0 Å². The van der Waals surface area contributed by atoms with Crippen molar-refractivity contribution in [3.8, 4) is 17.3 Å². The van der Waals surface area contributed by atoms with Crippen LogP contribution in [0.3, 0.4) is 0 Å². The number of nitrogens with zero attached hydrogens (tertiary/aromatic N) is 5. The molecule has 0 unspecified atom stereocenters. The van der Waals surface area contributed by atoms with Gasteiger partial charge in [-0.2, -0.15) is 5.10 Å². The van der Waals surface area contributed by atoms with Crippen LogP contribution in [-0.2, 0) is 6.54 Å². The molecule has 0 spiro atoms. The summed E-state index contributed by atoms with van der Waals surface area (Å²) >= 11 is 0. The first-order valence-electron chi connectivity index (χ1n) is 13.8. The summed E-state index contributed by atoms with van der Waals surface area (Å²) in [7, 11) is 4.05. The molecule has 0 fully saturated rings. The molecule has 0 bridgehead atoms. The minimum absolute atomic E-state index is 0.191. The number of urea groups is 1. The molecule has 0 radical (unpaired) electrons. The molecule has 5 aromatic rings. The fourth-order valence-corrected chi connectivity index (χ4v) is 5.45. The van der Waals surface area contributed by atoms with Crippen molar-refractivity contribution in [3.05, 3.63) is 120 Å². The number of para-hydroxylation sites is 1. The highest BCUT2D eigenvalue weighted by atomic mass is 16.5. The summed E-state index contributed by atoms with van der Waals surface area (Å²) in [5.41, 5.74) is 6.67. The third-order valence-corrected chi connectivity index (χ3v) is 7.49. The van der Waals surface area contributed by atoms with Gasteiger partial charge in [0.2, 0.25) is 0 Å². The van der Waals surface area contributed by atoms with E-state index in [-0.39, 0.29) is 12.1 Å². The van der Waals surface area contributed by atoms with Gasteiger partial charge in [-0.1, -0.05) is 30.3 Å². The zero-order valence-electron chi connectivity index (χ0n) is 23.8. The molecule has 0 saturated heterocycles. The Hall–Kier alpha value is -4.98. The number of hydrogen-bond acceptors (Lipinski definition) is 4. The van der Waals surface area contributed by atoms with E-state index in [9.17, 15) is 4.79 Å². The first kappa shape index (κ1) is 26.3. The summed E-state index contributed by atoms with van der Waals surface area (Å²) in [6.07, 6.45) is 2.06. The number of anilines is 2. The van der Waals surface area contributed by atoms with Crippen molar-refractivity contribution in [3.63, 3.8) is 0 Å². The Morgan fingerprint density at radius 2 is 1.71 bits per heavy atom. The average molecular weight is 547 g/mol. The van der Waals surface area contributed by atoms with E-state index in [4.69, 9.17) is 9.84 Å². The van der Waals surface area contributed by atoms with Crippen molar-refractivity contribution < 1.29 is 9.53 Å². The molecule has 208 valence electrons. The molecule has 2 aromatic heterocycles. The van der Waals surface area contributed by atoms with Crippen LogP contribution in [0, 0.1) is 6.92 Å². The lowest BCUT2D eigenvalue weighted by molar-refractivity contribution is 0.194. The molecule has 6 rings (SSSR count). The van der Waals surface area contributed by atoms with Gasteiger partial charge in [-0.25, -0.2) is 9.48 Å². The van der Waals surface area contributed by atoms with Crippen molar-refractivity contribution in [2.24, 2.45) is 0 Å². The van der Waals surface area contributed by atoms with Gasteiger partial charge in [-0.15, -0.1) is 0 Å². The molecular weight excluding hydrogens is 512 g/mol. The second kappa shape index (κ2) is 10.9. The minimum Gasteiger partial charge on any atom is -0.494 e. The van der Waals surface area contributed by atoms with Crippen molar-refractivity contribution in [1.29, 1.82) is 0 Å². The highest BCUT2D eigenvalue weighted by Crippen LogP contribution is 2.39. The molecule has 3 aromatic carbocycles. The number of nitrogens with one attached hydrogen (secondary N) is 1. The first-order chi connectivity index (χ1) is 19.9. The standard InChI is InChI=1S/C33H34N6O2/c1-5-41-28-19-15-25(16-20-28)34-33(40)38-22-29-23(2)35-39(27-10-7-6-8-11-27)32(29)37-21-9-12-30(37)31(38)24-13-17-26(18-14-24)36(3)4/h6-21,31H,5,22H2,1-4H3,(H,34,40)/t31-/m0/s1. The Balaban J connectivity index is 1.47. The lowest BCUT2D eigenvalue weighted by atomic mass is 10.0. The molecule has 8 nitrogen and oxygen atoms in total. The molecule has 0 aliphatic carbocycles. The first-order valence-corrected chi connectivity index (χ1v) is 13.8. The van der Waals surface area contributed by atoms with E-state index in [2.05, 4.69) is 63.4 Å². The van der Waals surface area contributed by atoms with Crippen molar-refractivity contribution >= 4 is 17.4 Å². The Morgan fingerprint density at radius 1 is 0.976 bits per heavy atom. The predicted octanol–water partition coefficient (Wildman–Crippen LogP) is 6.57. The molecule has 41 heavy (non-hydrogen) atoms. The molecule has 8 heteroatoms. The highest BCUT2D eigenvalue weighted by Gasteiger charge is 2.36. The molecular formula is C33H34N6O2. The lowest BCUT2D eigenvalue weighted by Gasteiger charge is -2.31. The maximum Gasteiger partial charge on any atom is 0.322 e. The Morgan fingerprint density at radius 3 is 2.39 bits per heavy atom. The van der Waals surface area contributed by atoms with Gasteiger partial charge in [-0.05, 0) is 80.1 Å². The largest absolute Gasteiger partial charge is 0.494 e. The number of rotatable bonds is 6. The van der Waals surface area contributed by atoms with E-state index in [1.54, 1.807) is 0 Å². The Labute approximate surface area is 240 Å². The quantitative estimate of drug-likeness (QED) is 0.262. The summed E-state index contributed by atoms with van der Waals surface area (Å²) in [5.74, 6) is 1.71. The summed E-state index contributed by atoms with van der Waals surface area (Å²) in [6, 6.07) is 29.6. The summed E-state index contributed by atoms with van der Waals surface area (Å²) in [6.45, 7) is 4.94. The van der Waals surface area contributed by atoms with Crippen LogP contribution in [0.2, 0.25) is 0 Å². The van der Waals surface area contributed by atoms with Gasteiger partial charge in [0.15, 0.2) is 0 Å². The smallest absolute Gasteiger partial charge is 0.322 e. The van der Waals surface area contributed by atoms with E-state index >= 15 is 0 Å². The normalized spacial score (nSPS) is 14.1. The van der Waals surface area contributed by atoms with Crippen LogP contribution in [0.15, 0.2) is 97.2 Å². The monoisotopic (exact) mass is 546 g/mol. The van der Waals surface area contributed by atoms with Crippen LogP contribution >= 0.6 is 0 Å². The van der Waals surface area contributed by atoms with Crippen LogP contribution in [0.25, 0.3) is 11.5 Å². The van der Waals surface area contributed by atoms with E-state index in [0.717, 1.165) is 45.5 Å². The highest BCUT2D eigenvalue weighted by molar-refractivity contribution is 5.90. The van der Waals surface area contributed by atoms with Crippen molar-refractivity contribution in [2.45, 2.75) is 26.4 Å². The number of ether oxygens (including phenoxy) is 1. The second-order valence-corrected chi connectivity index (χ2v) is 10.3. The van der Waals surface area contributed by atoms with Crippen LogP contribution in [-0.4, -0.2) is 46.0 Å². The van der Waals surface area contributed by atoms with Crippen LogP contribution in [0.5, 0.6) is 5.75 Å². The lowest BCUT2D eigenvalue weighted by Crippen LogP contribution is -2.38. The molecule has 0 saturated carbocycles. The number of benzene rings is 3. The Bertz CT molecular complexity index is 1650. The molecule has 1 aliphatic rings. The third kappa shape index (κ3) is 4.93. The molecule has 1 N–H and O–H groups in total. The van der Waals surface area contributed by atoms with Gasteiger partial charge in [0.05, 0.1) is 36.3 Å². The van der Waals surface area contributed by atoms with Gasteiger partial charge < -0.3 is 24.4 Å². The summed E-state index contributed by atoms with van der Waals surface area (Å²) in [4.78, 5) is 18.1. The fraction of sp³-hybridized carbons (Fsp3) is 0.212.